The van der Waals surface area contributed by atoms with Gasteiger partial charge in [0.2, 0.25) is 5.91 Å². The minimum absolute atomic E-state index is 0.0545. The quantitative estimate of drug-likeness (QED) is 0.111. The van der Waals surface area contributed by atoms with Crippen LogP contribution in [0.2, 0.25) is 0 Å². The predicted octanol–water partition coefficient (Wildman–Crippen LogP) is 3.53. The molecule has 0 heterocycles. The van der Waals surface area contributed by atoms with Crippen LogP contribution in [0.25, 0.3) is 0 Å². The summed E-state index contributed by atoms with van der Waals surface area (Å²) in [6.07, 6.45) is 4.91. The smallest absolute Gasteiger partial charge is 0.220 e. The van der Waals surface area contributed by atoms with Gasteiger partial charge in [0.15, 0.2) is 0 Å². The molecule has 1 amide bonds. The van der Waals surface area contributed by atoms with E-state index in [1.807, 2.05) is 6.26 Å². The van der Waals surface area contributed by atoms with Crippen molar-refractivity contribution >= 4 is 27.5 Å². The SMILES string of the molecule is CSSC(C)(C)CCC(=O)NCCCOc1cc(CO)cc(CO)c1.NCCCOc1cc(CO)cc(CO)c1. The lowest BCUT2D eigenvalue weighted by molar-refractivity contribution is -0.121. The lowest BCUT2D eigenvalue weighted by atomic mass is 10.1. The van der Waals surface area contributed by atoms with E-state index >= 15 is 0 Å². The molecule has 2 aromatic carbocycles. The summed E-state index contributed by atoms with van der Waals surface area (Å²) < 4.78 is 11.2. The summed E-state index contributed by atoms with van der Waals surface area (Å²) in [5.41, 5.74) is 8.24. The molecule has 7 N–H and O–H groups in total. The fourth-order valence-electron chi connectivity index (χ4n) is 3.52. The molecule has 0 spiro atoms. The van der Waals surface area contributed by atoms with Gasteiger partial charge in [0, 0.05) is 17.7 Å². The van der Waals surface area contributed by atoms with Gasteiger partial charge in [-0.05, 0) is 92.4 Å². The molecule has 0 aliphatic carbocycles. The number of hydrogen-bond acceptors (Lipinski definition) is 10. The lowest BCUT2D eigenvalue weighted by Gasteiger charge is -2.21. The molecule has 2 aromatic rings. The fourth-order valence-corrected chi connectivity index (χ4v) is 5.76. The van der Waals surface area contributed by atoms with E-state index in [2.05, 4.69) is 19.2 Å². The average molecular weight is 599 g/mol. The number of aliphatic hydroxyl groups excluding tert-OH is 4. The molecular weight excluding hydrogens is 552 g/mol. The molecule has 0 atom stereocenters. The third-order valence-corrected chi connectivity index (χ3v) is 8.25. The molecule has 226 valence electrons. The van der Waals surface area contributed by atoms with Gasteiger partial charge in [0.05, 0.1) is 39.6 Å². The molecule has 0 aliphatic heterocycles. The largest absolute Gasteiger partial charge is 0.494 e. The molecule has 2 rings (SSSR count). The van der Waals surface area contributed by atoms with Crippen LogP contribution in [-0.4, -0.2) is 63.6 Å². The van der Waals surface area contributed by atoms with Crippen molar-refractivity contribution in [3.8, 4) is 11.5 Å². The summed E-state index contributed by atoms with van der Waals surface area (Å²) in [7, 11) is 3.52. The van der Waals surface area contributed by atoms with Gasteiger partial charge in [-0.15, -0.1) is 0 Å². The summed E-state index contributed by atoms with van der Waals surface area (Å²) in [6.45, 7) is 6.18. The van der Waals surface area contributed by atoms with Crippen molar-refractivity contribution in [1.82, 2.24) is 5.32 Å². The highest BCUT2D eigenvalue weighted by molar-refractivity contribution is 8.76. The Hall–Kier alpha value is -1.99. The summed E-state index contributed by atoms with van der Waals surface area (Å²) in [4.78, 5) is 11.9. The zero-order valence-corrected chi connectivity index (χ0v) is 25.5. The Bertz CT molecular complexity index is 948. The van der Waals surface area contributed by atoms with Crippen molar-refractivity contribution in [3.63, 3.8) is 0 Å². The van der Waals surface area contributed by atoms with Crippen LogP contribution in [0.15, 0.2) is 36.4 Å². The Labute approximate surface area is 246 Å². The molecule has 0 saturated carbocycles. The Morgan fingerprint density at radius 3 is 1.68 bits per heavy atom. The molecule has 0 unspecified atom stereocenters. The number of benzene rings is 2. The maximum absolute atomic E-state index is 11.9. The van der Waals surface area contributed by atoms with Crippen molar-refractivity contribution in [2.24, 2.45) is 5.73 Å². The topological polar surface area (TPSA) is 154 Å². The highest BCUT2D eigenvalue weighted by Gasteiger charge is 2.19. The number of amides is 1. The number of aliphatic hydroxyl groups is 4. The van der Waals surface area contributed by atoms with Gasteiger partial charge in [0.25, 0.3) is 0 Å². The molecule has 0 aromatic heterocycles. The first-order valence-corrected chi connectivity index (χ1v) is 15.9. The standard InChI is InChI=1S/C18H29NO4S2.C11H17NO3/c1-18(2,25-24-3)6-5-17(22)19-7-4-8-23-16-10-14(12-20)9-15(11-16)13-21;12-2-1-3-15-11-5-9(7-13)4-10(6-11)8-14/h9-11,20-21H,4-8,12-13H2,1-3H3,(H,19,22);4-6,13-14H,1-3,7-8,12H2. The number of carbonyl (C=O) groups is 1. The van der Waals surface area contributed by atoms with Crippen molar-refractivity contribution in [2.75, 3.05) is 32.6 Å². The Balaban J connectivity index is 0.000000453. The molecule has 0 bridgehead atoms. The third-order valence-electron chi connectivity index (χ3n) is 5.57. The summed E-state index contributed by atoms with van der Waals surface area (Å²) in [5, 5.41) is 39.3. The molecule has 11 heteroatoms. The van der Waals surface area contributed by atoms with E-state index in [9.17, 15) is 15.0 Å². The van der Waals surface area contributed by atoms with E-state index in [-0.39, 0.29) is 37.1 Å². The highest BCUT2D eigenvalue weighted by atomic mass is 33.1. The number of nitrogens with one attached hydrogen (secondary N) is 1. The molecular formula is C29H46N2O7S2. The first kappa shape index (κ1) is 36.0. The number of hydrogen-bond donors (Lipinski definition) is 6. The lowest BCUT2D eigenvalue weighted by Crippen LogP contribution is -2.27. The molecule has 0 fully saturated rings. The van der Waals surface area contributed by atoms with Crippen LogP contribution in [0, 0.1) is 0 Å². The minimum Gasteiger partial charge on any atom is -0.494 e. The first-order chi connectivity index (χ1) is 19.2. The minimum atomic E-state index is -0.0918. The normalized spacial score (nSPS) is 11.0. The Morgan fingerprint density at radius 2 is 1.27 bits per heavy atom. The van der Waals surface area contributed by atoms with Crippen molar-refractivity contribution < 1.29 is 34.7 Å². The van der Waals surface area contributed by atoms with E-state index in [1.165, 1.54) is 0 Å². The molecule has 40 heavy (non-hydrogen) atoms. The summed E-state index contributed by atoms with van der Waals surface area (Å²) in [5.74, 6) is 1.36. The van der Waals surface area contributed by atoms with Gasteiger partial charge < -0.3 is 41.0 Å². The van der Waals surface area contributed by atoms with Crippen molar-refractivity contribution in [2.45, 2.75) is 70.7 Å². The van der Waals surface area contributed by atoms with Gasteiger partial charge >= 0.3 is 0 Å². The van der Waals surface area contributed by atoms with E-state index in [4.69, 9.17) is 25.4 Å². The number of nitrogens with two attached hydrogens (primary N) is 1. The van der Waals surface area contributed by atoms with Crippen LogP contribution < -0.4 is 20.5 Å². The summed E-state index contributed by atoms with van der Waals surface area (Å²) >= 11 is 0. The Kier molecular flexibility index (Phi) is 18.8. The van der Waals surface area contributed by atoms with Crippen LogP contribution >= 0.6 is 21.6 Å². The van der Waals surface area contributed by atoms with E-state index in [0.29, 0.717) is 61.8 Å². The molecule has 9 nitrogen and oxygen atoms in total. The zero-order chi connectivity index (χ0) is 29.8. The third kappa shape index (κ3) is 15.7. The predicted molar refractivity (Wildman–Crippen MR) is 163 cm³/mol. The maximum Gasteiger partial charge on any atom is 0.220 e. The first-order valence-electron chi connectivity index (χ1n) is 13.3. The van der Waals surface area contributed by atoms with Gasteiger partial charge in [-0.3, -0.25) is 4.79 Å². The van der Waals surface area contributed by atoms with Crippen molar-refractivity contribution in [1.29, 1.82) is 0 Å². The monoisotopic (exact) mass is 598 g/mol. The van der Waals surface area contributed by atoms with Crippen LogP contribution in [0.4, 0.5) is 0 Å². The highest BCUT2D eigenvalue weighted by Crippen LogP contribution is 2.36. The number of ether oxygens (including phenoxy) is 2. The van der Waals surface area contributed by atoms with Gasteiger partial charge in [-0.1, -0.05) is 33.7 Å². The van der Waals surface area contributed by atoms with Crippen LogP contribution in [0.3, 0.4) is 0 Å². The van der Waals surface area contributed by atoms with Crippen molar-refractivity contribution in [3.05, 3.63) is 58.7 Å². The fraction of sp³-hybridized carbons (Fsp3) is 0.552. The maximum atomic E-state index is 11.9. The van der Waals surface area contributed by atoms with E-state index in [1.54, 1.807) is 58.0 Å². The number of carbonyl (C=O) groups excluding carboxylic acids is 1. The van der Waals surface area contributed by atoms with Gasteiger partial charge in [0.1, 0.15) is 11.5 Å². The van der Waals surface area contributed by atoms with Crippen LogP contribution in [0.1, 0.15) is 61.8 Å². The van der Waals surface area contributed by atoms with E-state index in [0.717, 1.165) is 24.0 Å². The van der Waals surface area contributed by atoms with Crippen LogP contribution in [-0.2, 0) is 31.2 Å². The molecule has 0 aliphatic rings. The zero-order valence-electron chi connectivity index (χ0n) is 23.9. The second-order valence-electron chi connectivity index (χ2n) is 9.66. The van der Waals surface area contributed by atoms with E-state index < -0.39 is 0 Å². The van der Waals surface area contributed by atoms with Gasteiger partial charge in [-0.25, -0.2) is 0 Å². The summed E-state index contributed by atoms with van der Waals surface area (Å²) in [6, 6.07) is 10.5. The Morgan fingerprint density at radius 1 is 0.825 bits per heavy atom. The molecule has 0 radical (unpaired) electrons. The second-order valence-corrected chi connectivity index (χ2v) is 12.8. The molecule has 0 saturated heterocycles. The van der Waals surface area contributed by atoms with Gasteiger partial charge in [-0.2, -0.15) is 0 Å². The van der Waals surface area contributed by atoms with Crippen LogP contribution in [0.5, 0.6) is 11.5 Å². The average Bonchev–Trinajstić information content (AvgIpc) is 2.96. The second kappa shape index (κ2) is 20.8. The number of rotatable bonds is 18.